The Morgan fingerprint density at radius 2 is 2.41 bits per heavy atom. The van der Waals surface area contributed by atoms with Crippen LogP contribution in [-0.2, 0) is 6.54 Å². The van der Waals surface area contributed by atoms with Crippen LogP contribution in [0.5, 0.6) is 0 Å². The van der Waals surface area contributed by atoms with E-state index >= 15 is 0 Å². The summed E-state index contributed by atoms with van der Waals surface area (Å²) in [4.78, 5) is 20.8. The third-order valence-corrected chi connectivity index (χ3v) is 2.94. The second kappa shape index (κ2) is 5.05. The second-order valence-corrected chi connectivity index (χ2v) is 4.82. The molecule has 2 aromatic heterocycles. The van der Waals surface area contributed by atoms with Crippen molar-refractivity contribution in [2.45, 2.75) is 26.3 Å². The number of carbonyl (C=O) groups excluding carboxylic acids is 1. The van der Waals surface area contributed by atoms with Gasteiger partial charge in [-0.15, -0.1) is 16.4 Å². The summed E-state index contributed by atoms with van der Waals surface area (Å²) in [6, 6.07) is 0. The van der Waals surface area contributed by atoms with Crippen molar-refractivity contribution in [1.82, 2.24) is 25.5 Å². The number of nitrogens with zero attached hydrogens (tertiary/aromatic N) is 3. The highest BCUT2D eigenvalue weighted by Gasteiger charge is 2.13. The zero-order valence-electron chi connectivity index (χ0n) is 9.60. The van der Waals surface area contributed by atoms with Gasteiger partial charge >= 0.3 is 0 Å². The number of nitrogens with one attached hydrogen (secondary N) is 2. The van der Waals surface area contributed by atoms with E-state index in [-0.39, 0.29) is 17.6 Å². The number of hydrogen-bond acceptors (Lipinski definition) is 5. The molecule has 0 aromatic carbocycles. The van der Waals surface area contributed by atoms with E-state index in [1.165, 1.54) is 11.3 Å². The lowest BCUT2D eigenvalue weighted by Crippen LogP contribution is -2.23. The fourth-order valence-corrected chi connectivity index (χ4v) is 1.74. The van der Waals surface area contributed by atoms with Gasteiger partial charge in [-0.3, -0.25) is 14.9 Å². The molecule has 0 bridgehead atoms. The van der Waals surface area contributed by atoms with Crippen molar-refractivity contribution >= 4 is 17.2 Å². The van der Waals surface area contributed by atoms with Gasteiger partial charge in [-0.1, -0.05) is 13.8 Å². The molecule has 0 atom stereocenters. The van der Waals surface area contributed by atoms with Gasteiger partial charge in [0.2, 0.25) is 5.82 Å². The lowest BCUT2D eigenvalue weighted by atomic mass is 10.2. The Morgan fingerprint density at radius 3 is 3.00 bits per heavy atom. The molecule has 6 nitrogen and oxygen atoms in total. The van der Waals surface area contributed by atoms with Gasteiger partial charge in [0.15, 0.2) is 0 Å². The summed E-state index contributed by atoms with van der Waals surface area (Å²) in [7, 11) is 0. The number of thiazole rings is 1. The van der Waals surface area contributed by atoms with Crippen LogP contribution in [0.25, 0.3) is 0 Å². The minimum Gasteiger partial charge on any atom is -0.344 e. The average molecular weight is 251 g/mol. The number of aromatic amines is 1. The molecule has 90 valence electrons. The Hall–Kier alpha value is -1.76. The predicted octanol–water partition coefficient (Wildman–Crippen LogP) is 1.31. The molecule has 0 unspecified atom stereocenters. The molecule has 0 saturated carbocycles. The Balaban J connectivity index is 1.95. The van der Waals surface area contributed by atoms with E-state index in [4.69, 9.17) is 0 Å². The zero-order chi connectivity index (χ0) is 12.3. The first-order chi connectivity index (χ1) is 8.16. The summed E-state index contributed by atoms with van der Waals surface area (Å²) in [6.07, 6.45) is 1.72. The standard InChI is InChI=1S/C10H13N5OS/c1-6(2)8-13-9(15-14-8)10(16)12-4-7-3-11-5-17-7/h3,5-6H,4H2,1-2H3,(H,12,16)(H,13,14,15). The van der Waals surface area contributed by atoms with Gasteiger partial charge in [0.25, 0.3) is 5.91 Å². The lowest BCUT2D eigenvalue weighted by Gasteiger charge is -1.99. The summed E-state index contributed by atoms with van der Waals surface area (Å²) < 4.78 is 0. The van der Waals surface area contributed by atoms with Gasteiger partial charge < -0.3 is 5.32 Å². The number of H-pyrrole nitrogens is 1. The molecule has 7 heteroatoms. The van der Waals surface area contributed by atoms with Crippen LogP contribution in [0.2, 0.25) is 0 Å². The molecule has 0 radical (unpaired) electrons. The van der Waals surface area contributed by atoms with Crippen LogP contribution in [0, 0.1) is 0 Å². The highest BCUT2D eigenvalue weighted by molar-refractivity contribution is 7.09. The van der Waals surface area contributed by atoms with Gasteiger partial charge in [-0.05, 0) is 0 Å². The monoisotopic (exact) mass is 251 g/mol. The summed E-state index contributed by atoms with van der Waals surface area (Å²) in [5, 5.41) is 9.36. The molecule has 0 spiro atoms. The molecule has 1 amide bonds. The van der Waals surface area contributed by atoms with E-state index in [1.807, 2.05) is 13.8 Å². The van der Waals surface area contributed by atoms with Crippen LogP contribution in [0.1, 0.15) is 41.1 Å². The number of rotatable bonds is 4. The maximum atomic E-state index is 11.7. The zero-order valence-corrected chi connectivity index (χ0v) is 10.4. The van der Waals surface area contributed by atoms with E-state index in [0.29, 0.717) is 12.4 Å². The molecule has 0 saturated heterocycles. The Morgan fingerprint density at radius 1 is 1.59 bits per heavy atom. The topological polar surface area (TPSA) is 83.6 Å². The van der Waals surface area contributed by atoms with Crippen molar-refractivity contribution < 1.29 is 4.79 Å². The van der Waals surface area contributed by atoms with E-state index in [0.717, 1.165) is 4.88 Å². The Bertz CT molecular complexity index is 491. The molecular formula is C10H13N5OS. The van der Waals surface area contributed by atoms with Gasteiger partial charge in [-0.2, -0.15) is 0 Å². The number of hydrogen-bond donors (Lipinski definition) is 2. The third kappa shape index (κ3) is 2.88. The molecule has 17 heavy (non-hydrogen) atoms. The minimum absolute atomic E-state index is 0.179. The first-order valence-electron chi connectivity index (χ1n) is 5.24. The van der Waals surface area contributed by atoms with Crippen LogP contribution in [0.4, 0.5) is 0 Å². The molecule has 0 fully saturated rings. The minimum atomic E-state index is -0.276. The summed E-state index contributed by atoms with van der Waals surface area (Å²) in [5.41, 5.74) is 1.73. The highest BCUT2D eigenvalue weighted by Crippen LogP contribution is 2.08. The first kappa shape index (κ1) is 11.7. The van der Waals surface area contributed by atoms with Crippen molar-refractivity contribution in [1.29, 1.82) is 0 Å². The number of aromatic nitrogens is 4. The molecular weight excluding hydrogens is 238 g/mol. The van der Waals surface area contributed by atoms with Gasteiger partial charge in [0.05, 0.1) is 12.1 Å². The SMILES string of the molecule is CC(C)c1nc(C(=O)NCc2cncs2)n[nH]1. The Kier molecular flexibility index (Phi) is 3.48. The quantitative estimate of drug-likeness (QED) is 0.858. The van der Waals surface area contributed by atoms with Crippen molar-refractivity contribution in [3.63, 3.8) is 0 Å². The van der Waals surface area contributed by atoms with Gasteiger partial charge in [0.1, 0.15) is 5.82 Å². The predicted molar refractivity (Wildman–Crippen MR) is 63.8 cm³/mol. The fourth-order valence-electron chi connectivity index (χ4n) is 1.21. The molecule has 0 aliphatic heterocycles. The van der Waals surface area contributed by atoms with Gasteiger partial charge in [0, 0.05) is 17.0 Å². The number of amides is 1. The summed E-state index contributed by atoms with van der Waals surface area (Å²) >= 11 is 1.50. The maximum absolute atomic E-state index is 11.7. The van der Waals surface area contributed by atoms with Crippen LogP contribution in [-0.4, -0.2) is 26.1 Å². The summed E-state index contributed by atoms with van der Waals surface area (Å²) in [5.74, 6) is 0.846. The lowest BCUT2D eigenvalue weighted by molar-refractivity contribution is 0.0941. The van der Waals surface area contributed by atoms with Crippen LogP contribution in [0.15, 0.2) is 11.7 Å². The van der Waals surface area contributed by atoms with Crippen LogP contribution in [0.3, 0.4) is 0 Å². The van der Waals surface area contributed by atoms with Crippen LogP contribution >= 0.6 is 11.3 Å². The van der Waals surface area contributed by atoms with E-state index in [9.17, 15) is 4.79 Å². The second-order valence-electron chi connectivity index (χ2n) is 3.85. The molecule has 0 aliphatic rings. The smallest absolute Gasteiger partial charge is 0.291 e. The third-order valence-electron chi connectivity index (χ3n) is 2.16. The van der Waals surface area contributed by atoms with E-state index < -0.39 is 0 Å². The summed E-state index contributed by atoms with van der Waals surface area (Å²) in [6.45, 7) is 4.42. The van der Waals surface area contributed by atoms with E-state index in [2.05, 4.69) is 25.5 Å². The normalized spacial score (nSPS) is 10.8. The molecule has 2 rings (SSSR count). The van der Waals surface area contributed by atoms with Crippen molar-refractivity contribution in [3.05, 3.63) is 28.2 Å². The largest absolute Gasteiger partial charge is 0.344 e. The van der Waals surface area contributed by atoms with Crippen LogP contribution < -0.4 is 5.32 Å². The first-order valence-corrected chi connectivity index (χ1v) is 6.12. The molecule has 2 heterocycles. The molecule has 2 N–H and O–H groups in total. The average Bonchev–Trinajstić information content (AvgIpc) is 2.96. The maximum Gasteiger partial charge on any atom is 0.291 e. The molecule has 2 aromatic rings. The number of carbonyl (C=O) groups is 1. The Labute approximate surface area is 103 Å². The molecule has 0 aliphatic carbocycles. The van der Waals surface area contributed by atoms with Crippen molar-refractivity contribution in [2.75, 3.05) is 0 Å². The van der Waals surface area contributed by atoms with E-state index in [1.54, 1.807) is 11.7 Å². The highest BCUT2D eigenvalue weighted by atomic mass is 32.1. The van der Waals surface area contributed by atoms with Gasteiger partial charge in [-0.25, -0.2) is 4.98 Å². The van der Waals surface area contributed by atoms with Crippen molar-refractivity contribution in [3.8, 4) is 0 Å². The fraction of sp³-hybridized carbons (Fsp3) is 0.400. The van der Waals surface area contributed by atoms with Crippen molar-refractivity contribution in [2.24, 2.45) is 0 Å².